The molecule has 0 spiro atoms. The van der Waals surface area contributed by atoms with E-state index in [1.54, 1.807) is 16.7 Å². The van der Waals surface area contributed by atoms with Gasteiger partial charge in [-0.1, -0.05) is 24.3 Å². The Morgan fingerprint density at radius 3 is 2.64 bits per heavy atom. The Bertz CT molecular complexity index is 1010. The summed E-state index contributed by atoms with van der Waals surface area (Å²) in [7, 11) is 0. The summed E-state index contributed by atoms with van der Waals surface area (Å²) in [5.74, 6) is -0.613. The molecule has 0 saturated heterocycles. The molecule has 0 amide bonds. The van der Waals surface area contributed by atoms with Gasteiger partial charge in [-0.05, 0) is 44.0 Å². The number of aryl methyl sites for hydroxylation is 3. The summed E-state index contributed by atoms with van der Waals surface area (Å²) in [5.41, 5.74) is 3.06. The van der Waals surface area contributed by atoms with Crippen LogP contribution in [0, 0.1) is 13.8 Å². The van der Waals surface area contributed by atoms with Gasteiger partial charge in [-0.2, -0.15) is 0 Å². The summed E-state index contributed by atoms with van der Waals surface area (Å²) in [4.78, 5) is 29.6. The third kappa shape index (κ3) is 3.31. The second kappa shape index (κ2) is 6.89. The largest absolute Gasteiger partial charge is 0.457 e. The van der Waals surface area contributed by atoms with Gasteiger partial charge in [0.05, 0.1) is 5.39 Å². The number of nitrogens with zero attached hydrogens (tertiary/aromatic N) is 2. The quantitative estimate of drug-likeness (QED) is 0.685. The maximum Gasteiger partial charge on any atom is 0.344 e. The van der Waals surface area contributed by atoms with Gasteiger partial charge in [0.1, 0.15) is 17.8 Å². The van der Waals surface area contributed by atoms with Gasteiger partial charge in [-0.3, -0.25) is 4.79 Å². The minimum atomic E-state index is -0.613. The van der Waals surface area contributed by atoms with Crippen LogP contribution in [0.5, 0.6) is 0 Å². The zero-order valence-electron chi connectivity index (χ0n) is 14.6. The SMILES string of the molecule is CCn1cc(C(=O)OCc2ccccc2C)c(=O)c2ccc(C)nc21. The Morgan fingerprint density at radius 1 is 1.16 bits per heavy atom. The lowest BCUT2D eigenvalue weighted by atomic mass is 10.1. The second-order valence-corrected chi connectivity index (χ2v) is 5.98. The number of benzene rings is 1. The molecule has 128 valence electrons. The highest BCUT2D eigenvalue weighted by Crippen LogP contribution is 2.13. The Labute approximate surface area is 145 Å². The van der Waals surface area contributed by atoms with Gasteiger partial charge in [0, 0.05) is 18.4 Å². The number of hydrogen-bond donors (Lipinski definition) is 0. The van der Waals surface area contributed by atoms with Crippen LogP contribution in [0.4, 0.5) is 0 Å². The predicted molar refractivity (Wildman–Crippen MR) is 96.7 cm³/mol. The van der Waals surface area contributed by atoms with Gasteiger partial charge >= 0.3 is 5.97 Å². The van der Waals surface area contributed by atoms with E-state index in [1.165, 1.54) is 6.20 Å². The van der Waals surface area contributed by atoms with Crippen LogP contribution in [0.15, 0.2) is 47.4 Å². The van der Waals surface area contributed by atoms with Crippen LogP contribution in [0.1, 0.15) is 34.1 Å². The highest BCUT2D eigenvalue weighted by Gasteiger charge is 2.17. The molecular weight excluding hydrogens is 316 g/mol. The normalized spacial score (nSPS) is 10.8. The lowest BCUT2D eigenvalue weighted by molar-refractivity contribution is 0.0470. The third-order valence-corrected chi connectivity index (χ3v) is 4.24. The fourth-order valence-corrected chi connectivity index (χ4v) is 2.74. The lowest BCUT2D eigenvalue weighted by Gasteiger charge is -2.12. The molecule has 0 N–H and O–H groups in total. The van der Waals surface area contributed by atoms with Crippen molar-refractivity contribution in [3.8, 4) is 0 Å². The molecule has 3 rings (SSSR count). The van der Waals surface area contributed by atoms with Crippen LogP contribution in [0.3, 0.4) is 0 Å². The van der Waals surface area contributed by atoms with E-state index in [2.05, 4.69) is 4.98 Å². The minimum absolute atomic E-state index is 0.0357. The first-order valence-electron chi connectivity index (χ1n) is 8.23. The van der Waals surface area contributed by atoms with E-state index in [4.69, 9.17) is 4.74 Å². The van der Waals surface area contributed by atoms with Crippen LogP contribution in [0.25, 0.3) is 11.0 Å². The fourth-order valence-electron chi connectivity index (χ4n) is 2.74. The van der Waals surface area contributed by atoms with Crippen molar-refractivity contribution < 1.29 is 9.53 Å². The molecule has 25 heavy (non-hydrogen) atoms. The molecule has 5 heteroatoms. The molecule has 0 fully saturated rings. The monoisotopic (exact) mass is 336 g/mol. The third-order valence-electron chi connectivity index (χ3n) is 4.24. The van der Waals surface area contributed by atoms with Crippen molar-refractivity contribution in [2.24, 2.45) is 0 Å². The topological polar surface area (TPSA) is 61.2 Å². The van der Waals surface area contributed by atoms with Crippen molar-refractivity contribution in [2.75, 3.05) is 0 Å². The molecule has 0 radical (unpaired) electrons. The van der Waals surface area contributed by atoms with Gasteiger partial charge in [-0.25, -0.2) is 9.78 Å². The molecule has 0 saturated carbocycles. The fraction of sp³-hybridized carbons (Fsp3) is 0.250. The first-order valence-corrected chi connectivity index (χ1v) is 8.23. The molecule has 3 aromatic rings. The molecule has 5 nitrogen and oxygen atoms in total. The average molecular weight is 336 g/mol. The Morgan fingerprint density at radius 2 is 1.92 bits per heavy atom. The Hall–Kier alpha value is -2.95. The minimum Gasteiger partial charge on any atom is -0.457 e. The molecule has 0 unspecified atom stereocenters. The number of hydrogen-bond acceptors (Lipinski definition) is 4. The van der Waals surface area contributed by atoms with Crippen LogP contribution in [0.2, 0.25) is 0 Å². The lowest BCUT2D eigenvalue weighted by Crippen LogP contribution is -2.21. The van der Waals surface area contributed by atoms with Gasteiger partial charge in [0.15, 0.2) is 0 Å². The van der Waals surface area contributed by atoms with Crippen LogP contribution < -0.4 is 5.43 Å². The summed E-state index contributed by atoms with van der Waals surface area (Å²) >= 11 is 0. The van der Waals surface area contributed by atoms with Gasteiger partial charge in [-0.15, -0.1) is 0 Å². The van der Waals surface area contributed by atoms with Crippen molar-refractivity contribution in [3.05, 3.63) is 75.2 Å². The number of carbonyl (C=O) groups is 1. The maximum absolute atomic E-state index is 12.7. The number of fused-ring (bicyclic) bond motifs is 1. The standard InChI is InChI=1S/C20H20N2O3/c1-4-22-11-17(18(23)16-10-9-14(3)21-19(16)22)20(24)25-12-15-8-6-5-7-13(15)2/h5-11H,4,12H2,1-3H3. The zero-order valence-corrected chi connectivity index (χ0v) is 14.6. The van der Waals surface area contributed by atoms with Crippen molar-refractivity contribution in [1.82, 2.24) is 9.55 Å². The van der Waals surface area contributed by atoms with Crippen molar-refractivity contribution in [2.45, 2.75) is 33.9 Å². The highest BCUT2D eigenvalue weighted by molar-refractivity contribution is 5.93. The van der Waals surface area contributed by atoms with E-state index in [0.29, 0.717) is 17.6 Å². The first-order chi connectivity index (χ1) is 12.0. The number of carbonyl (C=O) groups excluding carboxylic acids is 1. The maximum atomic E-state index is 12.7. The number of rotatable bonds is 4. The molecular formula is C20H20N2O3. The first kappa shape index (κ1) is 16.9. The van der Waals surface area contributed by atoms with Gasteiger partial charge in [0.2, 0.25) is 5.43 Å². The van der Waals surface area contributed by atoms with Crippen molar-refractivity contribution in [3.63, 3.8) is 0 Å². The van der Waals surface area contributed by atoms with E-state index in [1.807, 2.05) is 45.0 Å². The molecule has 0 aliphatic carbocycles. The summed E-state index contributed by atoms with van der Waals surface area (Å²) in [5, 5.41) is 0.429. The van der Waals surface area contributed by atoms with Crippen molar-refractivity contribution in [1.29, 1.82) is 0 Å². The smallest absolute Gasteiger partial charge is 0.344 e. The highest BCUT2D eigenvalue weighted by atomic mass is 16.5. The molecule has 0 aliphatic heterocycles. The number of ether oxygens (including phenoxy) is 1. The Kier molecular flexibility index (Phi) is 4.65. The van der Waals surface area contributed by atoms with E-state index >= 15 is 0 Å². The molecule has 0 aliphatic rings. The van der Waals surface area contributed by atoms with Crippen molar-refractivity contribution >= 4 is 17.0 Å². The van der Waals surface area contributed by atoms with E-state index in [9.17, 15) is 9.59 Å². The zero-order chi connectivity index (χ0) is 18.0. The summed E-state index contributed by atoms with van der Waals surface area (Å²) < 4.78 is 7.17. The molecule has 2 heterocycles. The molecule has 1 aromatic carbocycles. The summed E-state index contributed by atoms with van der Waals surface area (Å²) in [6, 6.07) is 11.2. The van der Waals surface area contributed by atoms with E-state index in [0.717, 1.165) is 16.8 Å². The average Bonchev–Trinajstić information content (AvgIpc) is 2.61. The number of aromatic nitrogens is 2. The van der Waals surface area contributed by atoms with E-state index < -0.39 is 5.97 Å². The van der Waals surface area contributed by atoms with Crippen LogP contribution in [-0.2, 0) is 17.9 Å². The summed E-state index contributed by atoms with van der Waals surface area (Å²) in [6.45, 7) is 6.51. The Balaban J connectivity index is 1.96. The number of esters is 1. The van der Waals surface area contributed by atoms with Gasteiger partial charge < -0.3 is 9.30 Å². The summed E-state index contributed by atoms with van der Waals surface area (Å²) in [6.07, 6.45) is 1.54. The molecule has 0 atom stereocenters. The molecule has 2 aromatic heterocycles. The predicted octanol–water partition coefficient (Wildman–Crippen LogP) is 3.39. The van der Waals surface area contributed by atoms with Gasteiger partial charge in [0.25, 0.3) is 0 Å². The second-order valence-electron chi connectivity index (χ2n) is 5.98. The van der Waals surface area contributed by atoms with E-state index in [-0.39, 0.29) is 17.6 Å². The number of pyridine rings is 2. The van der Waals surface area contributed by atoms with Crippen LogP contribution in [-0.4, -0.2) is 15.5 Å². The molecule has 0 bridgehead atoms. The van der Waals surface area contributed by atoms with Crippen LogP contribution >= 0.6 is 0 Å².